The predicted octanol–water partition coefficient (Wildman–Crippen LogP) is 4.11. The molecule has 0 aliphatic heterocycles. The van der Waals surface area contributed by atoms with Crippen molar-refractivity contribution < 1.29 is 23.4 Å². The van der Waals surface area contributed by atoms with Crippen molar-refractivity contribution in [1.82, 2.24) is 0 Å². The van der Waals surface area contributed by atoms with E-state index in [1.807, 2.05) is 0 Å². The maximum atomic E-state index is 13.4. The number of carboxylic acid groups (broad SMARTS) is 1. The second kappa shape index (κ2) is 5.24. The summed E-state index contributed by atoms with van der Waals surface area (Å²) in [5, 5.41) is 9.16. The smallest absolute Gasteiger partial charge is 0.339 e. The van der Waals surface area contributed by atoms with Crippen LogP contribution in [0.4, 0.5) is 8.78 Å². The summed E-state index contributed by atoms with van der Waals surface area (Å²) in [4.78, 5) is 11.0. The lowest BCUT2D eigenvalue weighted by atomic mass is 10.2. The third-order valence-corrected chi connectivity index (χ3v) is 2.54. The summed E-state index contributed by atoms with van der Waals surface area (Å²) in [6.45, 7) is 0. The molecule has 0 radical (unpaired) electrons. The van der Waals surface area contributed by atoms with Crippen molar-refractivity contribution in [3.05, 3.63) is 58.6 Å². The van der Waals surface area contributed by atoms with E-state index >= 15 is 0 Å². The lowest BCUT2D eigenvalue weighted by molar-refractivity contribution is 0.0694. The van der Waals surface area contributed by atoms with Crippen LogP contribution in [0.5, 0.6) is 11.5 Å². The number of carbonyl (C=O) groups is 1. The first kappa shape index (κ1) is 13.3. The standard InChI is InChI=1S/C13H7ClF2O3/c14-7-4-5-11(8(6-7)13(17)18)19-12-9(15)2-1-3-10(12)16/h1-6H,(H,17,18). The van der Waals surface area contributed by atoms with Crippen molar-refractivity contribution >= 4 is 17.6 Å². The van der Waals surface area contributed by atoms with Crippen molar-refractivity contribution in [3.8, 4) is 11.5 Å². The molecule has 0 atom stereocenters. The minimum Gasteiger partial charge on any atom is -0.478 e. The molecule has 98 valence electrons. The second-order valence-electron chi connectivity index (χ2n) is 3.60. The maximum Gasteiger partial charge on any atom is 0.339 e. The van der Waals surface area contributed by atoms with E-state index in [9.17, 15) is 13.6 Å². The molecule has 19 heavy (non-hydrogen) atoms. The molecule has 0 aliphatic rings. The van der Waals surface area contributed by atoms with Crippen LogP contribution in [0.25, 0.3) is 0 Å². The number of hydrogen-bond donors (Lipinski definition) is 1. The number of hydrogen-bond acceptors (Lipinski definition) is 2. The molecule has 3 nitrogen and oxygen atoms in total. The highest BCUT2D eigenvalue weighted by molar-refractivity contribution is 6.31. The fourth-order valence-corrected chi connectivity index (χ4v) is 1.62. The van der Waals surface area contributed by atoms with Crippen LogP contribution in [-0.4, -0.2) is 11.1 Å². The number of halogens is 3. The van der Waals surface area contributed by atoms with Gasteiger partial charge in [-0.15, -0.1) is 0 Å². The third kappa shape index (κ3) is 2.82. The van der Waals surface area contributed by atoms with Gasteiger partial charge in [0.05, 0.1) is 0 Å². The molecule has 6 heteroatoms. The largest absolute Gasteiger partial charge is 0.478 e. The molecule has 0 unspecified atom stereocenters. The predicted molar refractivity (Wildman–Crippen MR) is 64.8 cm³/mol. The highest BCUT2D eigenvalue weighted by atomic mass is 35.5. The van der Waals surface area contributed by atoms with Gasteiger partial charge in [-0.25, -0.2) is 13.6 Å². The molecule has 1 N–H and O–H groups in total. The Kier molecular flexibility index (Phi) is 3.66. The minimum absolute atomic E-state index is 0.179. The van der Waals surface area contributed by atoms with Gasteiger partial charge in [-0.2, -0.15) is 0 Å². The van der Waals surface area contributed by atoms with E-state index in [4.69, 9.17) is 21.4 Å². The van der Waals surface area contributed by atoms with Crippen molar-refractivity contribution in [3.63, 3.8) is 0 Å². The summed E-state index contributed by atoms with van der Waals surface area (Å²) < 4.78 is 31.8. The van der Waals surface area contributed by atoms with Gasteiger partial charge in [0.15, 0.2) is 17.4 Å². The Morgan fingerprint density at radius 2 is 1.79 bits per heavy atom. The van der Waals surface area contributed by atoms with Gasteiger partial charge in [0.1, 0.15) is 11.3 Å². The molecule has 0 aliphatic carbocycles. The van der Waals surface area contributed by atoms with Gasteiger partial charge in [-0.1, -0.05) is 17.7 Å². The topological polar surface area (TPSA) is 46.5 Å². The van der Waals surface area contributed by atoms with Crippen LogP contribution >= 0.6 is 11.6 Å². The first-order chi connectivity index (χ1) is 8.99. The highest BCUT2D eigenvalue weighted by Gasteiger charge is 2.16. The average molecular weight is 285 g/mol. The van der Waals surface area contributed by atoms with E-state index in [0.717, 1.165) is 18.2 Å². The molecule has 2 aromatic rings. The van der Waals surface area contributed by atoms with E-state index in [-0.39, 0.29) is 16.3 Å². The van der Waals surface area contributed by atoms with Gasteiger partial charge < -0.3 is 9.84 Å². The van der Waals surface area contributed by atoms with Gasteiger partial charge in [-0.3, -0.25) is 0 Å². The second-order valence-corrected chi connectivity index (χ2v) is 4.03. The average Bonchev–Trinajstić information content (AvgIpc) is 2.35. The fourth-order valence-electron chi connectivity index (χ4n) is 1.45. The van der Waals surface area contributed by atoms with E-state index in [0.29, 0.717) is 0 Å². The van der Waals surface area contributed by atoms with Crippen LogP contribution in [0, 0.1) is 11.6 Å². The Labute approximate surface area is 112 Å². The molecular formula is C13H7ClF2O3. The number of benzene rings is 2. The molecule has 0 aromatic heterocycles. The molecule has 2 aromatic carbocycles. The van der Waals surface area contributed by atoms with Gasteiger partial charge >= 0.3 is 5.97 Å². The van der Waals surface area contributed by atoms with Crippen LogP contribution in [0.3, 0.4) is 0 Å². The first-order valence-electron chi connectivity index (χ1n) is 5.13. The van der Waals surface area contributed by atoms with Crippen molar-refractivity contribution in [2.45, 2.75) is 0 Å². The first-order valence-corrected chi connectivity index (χ1v) is 5.51. The molecular weight excluding hydrogens is 278 g/mol. The molecule has 0 heterocycles. The Balaban J connectivity index is 2.47. The zero-order valence-corrected chi connectivity index (χ0v) is 10.1. The number of carboxylic acids is 1. The lowest BCUT2D eigenvalue weighted by Crippen LogP contribution is -2.01. The normalized spacial score (nSPS) is 10.3. The van der Waals surface area contributed by atoms with Gasteiger partial charge in [0.25, 0.3) is 0 Å². The van der Waals surface area contributed by atoms with Crippen LogP contribution in [0.1, 0.15) is 10.4 Å². The monoisotopic (exact) mass is 284 g/mol. The summed E-state index contributed by atoms with van der Waals surface area (Å²) in [6.07, 6.45) is 0. The van der Waals surface area contributed by atoms with Crippen LogP contribution in [-0.2, 0) is 0 Å². The SMILES string of the molecule is O=C(O)c1cc(Cl)ccc1Oc1c(F)cccc1F. The molecule has 0 saturated carbocycles. The van der Waals surface area contributed by atoms with Gasteiger partial charge in [0.2, 0.25) is 0 Å². The fraction of sp³-hybridized carbons (Fsp3) is 0. The molecule has 2 rings (SSSR count). The van der Waals surface area contributed by atoms with Crippen molar-refractivity contribution in [2.75, 3.05) is 0 Å². The Hall–Kier alpha value is -2.14. The number of aromatic carboxylic acids is 1. The summed E-state index contributed by atoms with van der Waals surface area (Å²) in [5.74, 6) is -4.01. The quantitative estimate of drug-likeness (QED) is 0.922. The zero-order chi connectivity index (χ0) is 14.0. The van der Waals surface area contributed by atoms with E-state index in [1.54, 1.807) is 0 Å². The molecule has 0 amide bonds. The van der Waals surface area contributed by atoms with E-state index < -0.39 is 23.4 Å². The van der Waals surface area contributed by atoms with Gasteiger partial charge in [0, 0.05) is 5.02 Å². The number of ether oxygens (including phenoxy) is 1. The Morgan fingerprint density at radius 3 is 2.37 bits per heavy atom. The Morgan fingerprint density at radius 1 is 1.16 bits per heavy atom. The maximum absolute atomic E-state index is 13.4. The highest BCUT2D eigenvalue weighted by Crippen LogP contribution is 2.31. The molecule has 0 bridgehead atoms. The molecule has 0 spiro atoms. The third-order valence-electron chi connectivity index (χ3n) is 2.30. The zero-order valence-electron chi connectivity index (χ0n) is 9.36. The molecule has 0 saturated heterocycles. The number of rotatable bonds is 3. The minimum atomic E-state index is -1.31. The summed E-state index contributed by atoms with van der Waals surface area (Å²) in [7, 11) is 0. The molecule has 0 fully saturated rings. The van der Waals surface area contributed by atoms with E-state index in [1.165, 1.54) is 18.2 Å². The van der Waals surface area contributed by atoms with Crippen LogP contribution in [0.2, 0.25) is 5.02 Å². The van der Waals surface area contributed by atoms with E-state index in [2.05, 4.69) is 0 Å². The van der Waals surface area contributed by atoms with Crippen LogP contribution < -0.4 is 4.74 Å². The van der Waals surface area contributed by atoms with Gasteiger partial charge in [-0.05, 0) is 30.3 Å². The Bertz CT molecular complexity index is 624. The van der Waals surface area contributed by atoms with Crippen LogP contribution in [0.15, 0.2) is 36.4 Å². The summed E-state index contributed by atoms with van der Waals surface area (Å²) >= 11 is 5.66. The summed E-state index contributed by atoms with van der Waals surface area (Å²) in [5.41, 5.74) is -0.282. The van der Waals surface area contributed by atoms with Crippen molar-refractivity contribution in [1.29, 1.82) is 0 Å². The number of para-hydroxylation sites is 1. The van der Waals surface area contributed by atoms with Crippen molar-refractivity contribution in [2.24, 2.45) is 0 Å². The lowest BCUT2D eigenvalue weighted by Gasteiger charge is -2.10. The summed E-state index contributed by atoms with van der Waals surface area (Å²) in [6, 6.07) is 6.93.